The fourth-order valence-electron chi connectivity index (χ4n) is 4.11. The number of carbonyl (C=O) groups is 1. The molecule has 178 valence electrons. The van der Waals surface area contributed by atoms with Crippen molar-refractivity contribution in [3.8, 4) is 0 Å². The molecular weight excluding hydrogens is 483 g/mol. The van der Waals surface area contributed by atoms with Crippen LogP contribution in [0.3, 0.4) is 0 Å². The average molecular weight is 499 g/mol. The molecule has 7 nitrogen and oxygen atoms in total. The number of urea groups is 1. The maximum atomic E-state index is 14.4. The zero-order valence-corrected chi connectivity index (χ0v) is 18.7. The number of sulfonamides is 1. The summed E-state index contributed by atoms with van der Waals surface area (Å²) in [5.74, 6) is -3.55. The van der Waals surface area contributed by atoms with Gasteiger partial charge >= 0.3 is 6.03 Å². The van der Waals surface area contributed by atoms with Gasteiger partial charge in [0.25, 0.3) is 10.0 Å². The third-order valence-electron chi connectivity index (χ3n) is 5.74. The molecule has 2 amide bonds. The van der Waals surface area contributed by atoms with Crippen molar-refractivity contribution < 1.29 is 26.4 Å². The summed E-state index contributed by atoms with van der Waals surface area (Å²) in [6, 6.07) is 13.3. The number of pyridine rings is 1. The van der Waals surface area contributed by atoms with E-state index in [0.29, 0.717) is 27.3 Å². The molecular formula is C24H16F3N3O4S. The first-order chi connectivity index (χ1) is 16.7. The lowest BCUT2D eigenvalue weighted by Gasteiger charge is -2.36. The van der Waals surface area contributed by atoms with Gasteiger partial charge in [0, 0.05) is 34.7 Å². The molecule has 0 atom stereocenters. The maximum Gasteiger partial charge on any atom is 0.339 e. The van der Waals surface area contributed by atoms with Crippen LogP contribution in [0.5, 0.6) is 0 Å². The molecule has 0 bridgehead atoms. The van der Waals surface area contributed by atoms with E-state index >= 15 is 0 Å². The van der Waals surface area contributed by atoms with E-state index in [9.17, 15) is 31.2 Å². The minimum absolute atomic E-state index is 0.0763. The van der Waals surface area contributed by atoms with E-state index in [1.54, 1.807) is 24.3 Å². The number of nitrogens with zero attached hydrogens (tertiary/aromatic N) is 2. The number of aromatic nitrogens is 1. The van der Waals surface area contributed by atoms with Gasteiger partial charge in [0.15, 0.2) is 0 Å². The van der Waals surface area contributed by atoms with Crippen LogP contribution in [-0.4, -0.2) is 23.7 Å². The molecule has 1 aliphatic rings. The Balaban J connectivity index is 1.64. The molecule has 0 radical (unpaired) electrons. The van der Waals surface area contributed by atoms with Gasteiger partial charge < -0.3 is 4.98 Å². The van der Waals surface area contributed by atoms with E-state index < -0.39 is 57.7 Å². The molecule has 2 heterocycles. The molecule has 5 rings (SSSR count). The Kier molecular flexibility index (Phi) is 5.36. The summed E-state index contributed by atoms with van der Waals surface area (Å²) in [6.45, 7) is -1.18. The lowest BCUT2D eigenvalue weighted by Crippen LogP contribution is -2.50. The molecule has 4 aromatic rings. The van der Waals surface area contributed by atoms with Crippen molar-refractivity contribution >= 4 is 32.6 Å². The van der Waals surface area contributed by atoms with Crippen LogP contribution in [0.15, 0.2) is 76.4 Å². The first-order valence-electron chi connectivity index (χ1n) is 10.3. The van der Waals surface area contributed by atoms with Crippen LogP contribution >= 0.6 is 0 Å². The highest BCUT2D eigenvalue weighted by Gasteiger charge is 2.42. The van der Waals surface area contributed by atoms with E-state index in [1.165, 1.54) is 30.3 Å². The van der Waals surface area contributed by atoms with Crippen molar-refractivity contribution in [3.63, 3.8) is 0 Å². The molecule has 0 saturated carbocycles. The van der Waals surface area contributed by atoms with Gasteiger partial charge in [0.05, 0.1) is 18.8 Å². The summed E-state index contributed by atoms with van der Waals surface area (Å²) in [4.78, 5) is 28.9. The summed E-state index contributed by atoms with van der Waals surface area (Å²) in [5.41, 5.74) is -0.458. The van der Waals surface area contributed by atoms with E-state index in [1.807, 2.05) is 0 Å². The third kappa shape index (κ3) is 3.83. The summed E-state index contributed by atoms with van der Waals surface area (Å²) in [6.07, 6.45) is 0. The molecule has 35 heavy (non-hydrogen) atoms. The normalized spacial score (nSPS) is 14.9. The number of hydrogen-bond donors (Lipinski definition) is 1. The van der Waals surface area contributed by atoms with Crippen LogP contribution in [0.2, 0.25) is 0 Å². The zero-order chi connectivity index (χ0) is 24.9. The fourth-order valence-corrected chi connectivity index (χ4v) is 5.65. The largest absolute Gasteiger partial charge is 0.339 e. The van der Waals surface area contributed by atoms with Crippen LogP contribution < -0.4 is 10.5 Å². The number of rotatable bonds is 4. The van der Waals surface area contributed by atoms with Crippen LogP contribution in [0.1, 0.15) is 11.1 Å². The molecule has 0 saturated heterocycles. The lowest BCUT2D eigenvalue weighted by atomic mass is 10.1. The minimum atomic E-state index is -4.38. The van der Waals surface area contributed by atoms with Gasteiger partial charge in [-0.15, -0.1) is 0 Å². The van der Waals surface area contributed by atoms with Crippen LogP contribution in [0.25, 0.3) is 10.9 Å². The second kappa shape index (κ2) is 8.27. The molecule has 1 aliphatic heterocycles. The summed E-state index contributed by atoms with van der Waals surface area (Å²) in [7, 11) is -4.38. The van der Waals surface area contributed by atoms with Crippen molar-refractivity contribution in [2.45, 2.75) is 18.0 Å². The molecule has 1 N–H and O–H groups in total. The van der Waals surface area contributed by atoms with E-state index in [-0.39, 0.29) is 16.1 Å². The first-order valence-corrected chi connectivity index (χ1v) is 11.8. The second-order valence-corrected chi connectivity index (χ2v) is 9.73. The van der Waals surface area contributed by atoms with Gasteiger partial charge in [-0.25, -0.2) is 30.7 Å². The highest BCUT2D eigenvalue weighted by molar-refractivity contribution is 7.90. The number of halogens is 3. The zero-order valence-electron chi connectivity index (χ0n) is 17.8. The molecule has 0 fully saturated rings. The van der Waals surface area contributed by atoms with Crippen molar-refractivity contribution in [3.05, 3.63) is 106 Å². The van der Waals surface area contributed by atoms with Crippen LogP contribution in [-0.2, 0) is 23.1 Å². The topological polar surface area (TPSA) is 90.6 Å². The number of nitrogens with one attached hydrogen (secondary N) is 1. The van der Waals surface area contributed by atoms with Crippen LogP contribution in [0, 0.1) is 17.5 Å². The fraction of sp³-hybridized carbons (Fsp3) is 0.0833. The Morgan fingerprint density at radius 2 is 1.49 bits per heavy atom. The van der Waals surface area contributed by atoms with Gasteiger partial charge in [0.2, 0.25) is 5.56 Å². The van der Waals surface area contributed by atoms with Gasteiger partial charge in [-0.3, -0.25) is 9.69 Å². The van der Waals surface area contributed by atoms with Gasteiger partial charge in [-0.05, 0) is 23.8 Å². The average Bonchev–Trinajstić information content (AvgIpc) is 2.80. The Hall–Kier alpha value is -4.12. The predicted octanol–water partition coefficient (Wildman–Crippen LogP) is 4.28. The first kappa shape index (κ1) is 22.7. The molecule has 0 spiro atoms. The Labute approximate surface area is 197 Å². The van der Waals surface area contributed by atoms with E-state index in [0.717, 1.165) is 4.90 Å². The number of anilines is 1. The Morgan fingerprint density at radius 3 is 2.23 bits per heavy atom. The van der Waals surface area contributed by atoms with Crippen molar-refractivity contribution in [1.82, 2.24) is 9.29 Å². The number of amides is 2. The van der Waals surface area contributed by atoms with E-state index in [2.05, 4.69) is 4.98 Å². The second-order valence-electron chi connectivity index (χ2n) is 7.90. The number of fused-ring (bicyclic) bond motifs is 2. The highest BCUT2D eigenvalue weighted by atomic mass is 32.2. The standard InChI is InChI=1S/C24H16F3N3O4S/c25-15-10-18(26)17(19(27)11-15)13-29-21-7-3-4-8-22(21)35(33,34)30(24(29)32)12-14-9-23(31)28-20-6-2-1-5-16(14)20/h1-11H,12-13H2,(H,28,31). The monoisotopic (exact) mass is 499 g/mol. The quantitative estimate of drug-likeness (QED) is 0.454. The van der Waals surface area contributed by atoms with Crippen molar-refractivity contribution in [2.24, 2.45) is 0 Å². The van der Waals surface area contributed by atoms with Gasteiger partial charge in [-0.1, -0.05) is 30.3 Å². The van der Waals surface area contributed by atoms with Gasteiger partial charge in [-0.2, -0.15) is 0 Å². The summed E-state index contributed by atoms with van der Waals surface area (Å²) < 4.78 is 69.6. The smallest absolute Gasteiger partial charge is 0.322 e. The number of H-pyrrole nitrogens is 1. The molecule has 3 aromatic carbocycles. The molecule has 0 unspecified atom stereocenters. The number of hydrogen-bond acceptors (Lipinski definition) is 4. The number of aromatic amines is 1. The predicted molar refractivity (Wildman–Crippen MR) is 122 cm³/mol. The van der Waals surface area contributed by atoms with Crippen molar-refractivity contribution in [2.75, 3.05) is 4.90 Å². The molecule has 0 aliphatic carbocycles. The lowest BCUT2D eigenvalue weighted by molar-refractivity contribution is 0.226. The van der Waals surface area contributed by atoms with Crippen LogP contribution in [0.4, 0.5) is 23.7 Å². The number of para-hydroxylation sites is 2. The Bertz CT molecular complexity index is 1650. The summed E-state index contributed by atoms with van der Waals surface area (Å²) >= 11 is 0. The Morgan fingerprint density at radius 1 is 0.829 bits per heavy atom. The number of carbonyl (C=O) groups excluding carboxylic acids is 1. The molecule has 1 aromatic heterocycles. The number of benzene rings is 3. The summed E-state index contributed by atoms with van der Waals surface area (Å²) in [5, 5.41) is 0.524. The maximum absolute atomic E-state index is 14.4. The SMILES string of the molecule is O=C1N(Cc2c(F)cc(F)cc2F)c2ccccc2S(=O)(=O)N1Cc1cc(=O)[nH]c2ccccc12. The van der Waals surface area contributed by atoms with Gasteiger partial charge in [0.1, 0.15) is 22.3 Å². The highest BCUT2D eigenvalue weighted by Crippen LogP contribution is 2.37. The molecule has 11 heteroatoms. The van der Waals surface area contributed by atoms with E-state index in [4.69, 9.17) is 0 Å². The minimum Gasteiger partial charge on any atom is -0.322 e. The third-order valence-corrected chi connectivity index (χ3v) is 7.51. The van der Waals surface area contributed by atoms with Crippen molar-refractivity contribution in [1.29, 1.82) is 0 Å².